The van der Waals surface area contributed by atoms with Crippen LogP contribution in [0, 0.1) is 33.3 Å². The normalized spacial score (nSPS) is 23.3. The summed E-state index contributed by atoms with van der Waals surface area (Å²) < 4.78 is 0.920. The largest absolute Gasteiger partial charge is 0.352 e. The Morgan fingerprint density at radius 2 is 2.21 bits per heavy atom. The highest BCUT2D eigenvalue weighted by Gasteiger charge is 2.28. The topological polar surface area (TPSA) is 118 Å². The van der Waals surface area contributed by atoms with E-state index in [1.54, 1.807) is 6.07 Å². The van der Waals surface area contributed by atoms with Gasteiger partial charge in [0.25, 0.3) is 11.2 Å². The molecular weight excluding hydrogens is 312 g/mol. The molecule has 0 aromatic carbocycles. The third-order valence-corrected chi connectivity index (χ3v) is 4.77. The van der Waals surface area contributed by atoms with Crippen molar-refractivity contribution in [1.82, 2.24) is 9.88 Å². The number of nitrogens with zero attached hydrogens (tertiary/aromatic N) is 3. The van der Waals surface area contributed by atoms with Crippen LogP contribution in [0.1, 0.15) is 38.7 Å². The molecule has 0 spiro atoms. The molecule has 8 nitrogen and oxygen atoms in total. The summed E-state index contributed by atoms with van der Waals surface area (Å²) in [5, 5.41) is 22.7. The molecule has 1 aliphatic rings. The molecule has 8 heteroatoms. The molecule has 2 rings (SSSR count). The Kier molecular flexibility index (Phi) is 5.34. The van der Waals surface area contributed by atoms with Crippen LogP contribution in [0.15, 0.2) is 17.1 Å². The van der Waals surface area contributed by atoms with Gasteiger partial charge in [0.2, 0.25) is 5.91 Å². The van der Waals surface area contributed by atoms with Crippen LogP contribution < -0.4 is 10.9 Å². The van der Waals surface area contributed by atoms with E-state index in [2.05, 4.69) is 19.2 Å². The summed E-state index contributed by atoms with van der Waals surface area (Å²) in [6, 6.07) is 2.58. The van der Waals surface area contributed by atoms with Crippen LogP contribution in [0.25, 0.3) is 0 Å². The van der Waals surface area contributed by atoms with Gasteiger partial charge >= 0.3 is 0 Å². The molecule has 0 unspecified atom stereocenters. The van der Waals surface area contributed by atoms with Gasteiger partial charge in [0.05, 0.1) is 11.1 Å². The Labute approximate surface area is 139 Å². The standard InChI is InChI=1S/C16H20N4O4/c1-10-4-3-5-14(11(10)2)18-15(21)9-19-8-13(20(23)24)6-12(7-17)16(19)22/h6,8,10-11,14H,3-5,9H2,1-2H3,(H,18,21)/t10-,11-,14-/m1/s1. The van der Waals surface area contributed by atoms with E-state index in [4.69, 9.17) is 5.26 Å². The van der Waals surface area contributed by atoms with E-state index >= 15 is 0 Å². The van der Waals surface area contributed by atoms with Gasteiger partial charge < -0.3 is 5.32 Å². The molecule has 0 bridgehead atoms. The van der Waals surface area contributed by atoms with Crippen LogP contribution in [0.2, 0.25) is 0 Å². The average Bonchev–Trinajstić information content (AvgIpc) is 2.53. The fourth-order valence-corrected chi connectivity index (χ4v) is 3.11. The van der Waals surface area contributed by atoms with Gasteiger partial charge in [0.15, 0.2) is 0 Å². The lowest BCUT2D eigenvalue weighted by Gasteiger charge is -2.34. The monoisotopic (exact) mass is 332 g/mol. The van der Waals surface area contributed by atoms with Crippen LogP contribution in [0.5, 0.6) is 0 Å². The number of rotatable bonds is 4. The zero-order valence-electron chi connectivity index (χ0n) is 13.7. The van der Waals surface area contributed by atoms with E-state index in [0.717, 1.165) is 36.1 Å². The molecule has 1 amide bonds. The minimum atomic E-state index is -0.705. The highest BCUT2D eigenvalue weighted by molar-refractivity contribution is 5.76. The molecule has 1 aliphatic carbocycles. The highest BCUT2D eigenvalue weighted by atomic mass is 16.6. The predicted octanol–water partition coefficient (Wildman–Crippen LogP) is 1.57. The van der Waals surface area contributed by atoms with E-state index in [1.807, 2.05) is 0 Å². The van der Waals surface area contributed by atoms with Crippen LogP contribution in [0.3, 0.4) is 0 Å². The second kappa shape index (κ2) is 7.25. The summed E-state index contributed by atoms with van der Waals surface area (Å²) >= 11 is 0. The molecule has 1 N–H and O–H groups in total. The summed E-state index contributed by atoms with van der Waals surface area (Å²) in [4.78, 5) is 34.5. The number of hydrogen-bond acceptors (Lipinski definition) is 5. The third-order valence-electron chi connectivity index (χ3n) is 4.77. The molecule has 1 fully saturated rings. The molecule has 1 heterocycles. The Hall–Kier alpha value is -2.69. The molecule has 3 atom stereocenters. The minimum absolute atomic E-state index is 0.0334. The van der Waals surface area contributed by atoms with Crippen LogP contribution in [-0.2, 0) is 11.3 Å². The van der Waals surface area contributed by atoms with Crippen molar-refractivity contribution < 1.29 is 9.72 Å². The number of nitrogens with one attached hydrogen (secondary N) is 1. The lowest BCUT2D eigenvalue weighted by molar-refractivity contribution is -0.385. The molecular formula is C16H20N4O4. The first-order valence-corrected chi connectivity index (χ1v) is 7.91. The van der Waals surface area contributed by atoms with Gasteiger partial charge in [-0.3, -0.25) is 24.3 Å². The predicted molar refractivity (Wildman–Crippen MR) is 86.2 cm³/mol. The summed E-state index contributed by atoms with van der Waals surface area (Å²) in [5.41, 5.74) is -1.45. The third kappa shape index (κ3) is 3.79. The fraction of sp³-hybridized carbons (Fsp3) is 0.562. The maximum atomic E-state index is 12.2. The smallest absolute Gasteiger partial charge is 0.287 e. The summed E-state index contributed by atoms with van der Waals surface area (Å²) in [6.45, 7) is 3.89. The molecule has 1 aromatic rings. The minimum Gasteiger partial charge on any atom is -0.352 e. The Balaban J connectivity index is 2.17. The van der Waals surface area contributed by atoms with Crippen molar-refractivity contribution in [1.29, 1.82) is 5.26 Å². The summed E-state index contributed by atoms with van der Waals surface area (Å²) in [6.07, 6.45) is 4.04. The zero-order valence-corrected chi connectivity index (χ0v) is 13.7. The highest BCUT2D eigenvalue weighted by Crippen LogP contribution is 2.29. The average molecular weight is 332 g/mol. The Morgan fingerprint density at radius 3 is 2.83 bits per heavy atom. The Morgan fingerprint density at radius 1 is 1.50 bits per heavy atom. The zero-order chi connectivity index (χ0) is 17.9. The van der Waals surface area contributed by atoms with Crippen LogP contribution >= 0.6 is 0 Å². The number of pyridine rings is 1. The van der Waals surface area contributed by atoms with Crippen molar-refractivity contribution in [3.8, 4) is 6.07 Å². The number of carbonyl (C=O) groups is 1. The quantitative estimate of drug-likeness (QED) is 0.663. The van der Waals surface area contributed by atoms with E-state index in [0.29, 0.717) is 11.8 Å². The molecule has 0 saturated heterocycles. The maximum absolute atomic E-state index is 12.2. The first-order chi connectivity index (χ1) is 11.3. The summed E-state index contributed by atoms with van der Waals surface area (Å²) in [7, 11) is 0. The van der Waals surface area contributed by atoms with Crippen molar-refractivity contribution in [2.24, 2.45) is 11.8 Å². The lowest BCUT2D eigenvalue weighted by Crippen LogP contribution is -2.45. The summed E-state index contributed by atoms with van der Waals surface area (Å²) in [5.74, 6) is 0.460. The lowest BCUT2D eigenvalue weighted by atomic mass is 9.78. The van der Waals surface area contributed by atoms with E-state index in [9.17, 15) is 19.7 Å². The van der Waals surface area contributed by atoms with Crippen molar-refractivity contribution in [3.05, 3.63) is 38.3 Å². The Bertz CT molecular complexity index is 749. The fourth-order valence-electron chi connectivity index (χ4n) is 3.11. The van der Waals surface area contributed by atoms with Crippen molar-refractivity contribution in [3.63, 3.8) is 0 Å². The van der Waals surface area contributed by atoms with Gasteiger partial charge in [-0.25, -0.2) is 0 Å². The van der Waals surface area contributed by atoms with Gasteiger partial charge in [-0.1, -0.05) is 26.7 Å². The maximum Gasteiger partial charge on any atom is 0.287 e. The van der Waals surface area contributed by atoms with Gasteiger partial charge in [0.1, 0.15) is 18.2 Å². The number of nitriles is 1. The SMILES string of the molecule is C[C@@H]1[C@H](C)CCC[C@H]1NC(=O)Cn1cc([N+](=O)[O-])cc(C#N)c1=O. The number of amides is 1. The van der Waals surface area contributed by atoms with Crippen LogP contribution in [-0.4, -0.2) is 21.4 Å². The van der Waals surface area contributed by atoms with E-state index in [1.165, 1.54) is 0 Å². The number of nitro groups is 1. The van der Waals surface area contributed by atoms with E-state index in [-0.39, 0.29) is 24.1 Å². The molecule has 128 valence electrons. The number of hydrogen-bond donors (Lipinski definition) is 1. The molecule has 0 aliphatic heterocycles. The second-order valence-electron chi connectivity index (χ2n) is 6.36. The van der Waals surface area contributed by atoms with Crippen LogP contribution in [0.4, 0.5) is 5.69 Å². The van der Waals surface area contributed by atoms with Gasteiger partial charge in [0, 0.05) is 12.1 Å². The van der Waals surface area contributed by atoms with Crippen molar-refractivity contribution in [2.45, 2.75) is 45.7 Å². The number of aromatic nitrogens is 1. The van der Waals surface area contributed by atoms with Gasteiger partial charge in [-0.2, -0.15) is 5.26 Å². The molecule has 24 heavy (non-hydrogen) atoms. The second-order valence-corrected chi connectivity index (χ2v) is 6.36. The molecule has 1 aromatic heterocycles. The molecule has 0 radical (unpaired) electrons. The number of carbonyl (C=O) groups excluding carboxylic acids is 1. The first-order valence-electron chi connectivity index (χ1n) is 7.91. The van der Waals surface area contributed by atoms with Crippen molar-refractivity contribution in [2.75, 3.05) is 0 Å². The van der Waals surface area contributed by atoms with E-state index < -0.39 is 16.2 Å². The van der Waals surface area contributed by atoms with Gasteiger partial charge in [-0.05, 0) is 18.3 Å². The molecule has 1 saturated carbocycles. The first kappa shape index (κ1) is 17.7. The van der Waals surface area contributed by atoms with Gasteiger partial charge in [-0.15, -0.1) is 0 Å². The van der Waals surface area contributed by atoms with Crippen molar-refractivity contribution >= 4 is 11.6 Å².